The number of anilines is 1. The van der Waals surface area contributed by atoms with Crippen LogP contribution in [0.25, 0.3) is 5.69 Å². The summed E-state index contributed by atoms with van der Waals surface area (Å²) in [6, 6.07) is 6.12. The van der Waals surface area contributed by atoms with E-state index in [0.717, 1.165) is 35.5 Å². The van der Waals surface area contributed by atoms with Crippen molar-refractivity contribution in [1.29, 1.82) is 0 Å². The first kappa shape index (κ1) is 17.5. The number of amides is 2. The second kappa shape index (κ2) is 7.27. The van der Waals surface area contributed by atoms with E-state index in [1.807, 2.05) is 11.6 Å². The Morgan fingerprint density at radius 2 is 2.04 bits per heavy atom. The Morgan fingerprint density at radius 3 is 2.84 bits per heavy atom. The highest BCUT2D eigenvalue weighted by atomic mass is 16.3. The molecule has 1 fully saturated rings. The van der Waals surface area contributed by atoms with Crippen LogP contribution < -0.4 is 5.32 Å². The molecule has 0 saturated carbocycles. The van der Waals surface area contributed by atoms with Gasteiger partial charge < -0.3 is 15.3 Å². The summed E-state index contributed by atoms with van der Waals surface area (Å²) in [6.07, 6.45) is 3.62. The summed E-state index contributed by atoms with van der Waals surface area (Å²) in [5.74, 6) is 0. The lowest BCUT2D eigenvalue weighted by atomic mass is 10.1. The summed E-state index contributed by atoms with van der Waals surface area (Å²) in [7, 11) is 0. The fourth-order valence-electron chi connectivity index (χ4n) is 3.20. The Bertz CT molecular complexity index is 769. The molecule has 2 N–H and O–H groups in total. The normalized spacial score (nSPS) is 18.1. The van der Waals surface area contributed by atoms with E-state index in [-0.39, 0.29) is 12.1 Å². The lowest BCUT2D eigenvalue weighted by Gasteiger charge is -2.20. The molecule has 6 nitrogen and oxygen atoms in total. The van der Waals surface area contributed by atoms with E-state index in [4.69, 9.17) is 0 Å². The predicted octanol–water partition coefficient (Wildman–Crippen LogP) is 3.18. The van der Waals surface area contributed by atoms with Gasteiger partial charge in [-0.05, 0) is 57.2 Å². The van der Waals surface area contributed by atoms with E-state index in [2.05, 4.69) is 42.5 Å². The number of rotatable bonds is 2. The van der Waals surface area contributed by atoms with Crippen molar-refractivity contribution >= 4 is 11.7 Å². The lowest BCUT2D eigenvalue weighted by Crippen LogP contribution is -2.36. The minimum atomic E-state index is -0.299. The maximum Gasteiger partial charge on any atom is 0.321 e. The number of aliphatic hydroxyl groups excluding tert-OH is 1. The number of aromatic nitrogens is 2. The first-order valence-electron chi connectivity index (χ1n) is 8.82. The second-order valence-corrected chi connectivity index (χ2v) is 6.85. The van der Waals surface area contributed by atoms with Gasteiger partial charge in [0.05, 0.1) is 29.4 Å². The number of urea groups is 1. The molecule has 1 unspecified atom stereocenters. The monoisotopic (exact) mass is 342 g/mol. The van der Waals surface area contributed by atoms with E-state index < -0.39 is 0 Å². The van der Waals surface area contributed by atoms with E-state index in [0.29, 0.717) is 19.5 Å². The van der Waals surface area contributed by atoms with E-state index in [1.165, 1.54) is 5.56 Å². The zero-order valence-electron chi connectivity index (χ0n) is 15.1. The van der Waals surface area contributed by atoms with Crippen molar-refractivity contribution in [1.82, 2.24) is 14.7 Å². The number of likely N-dealkylation sites (tertiary alicyclic amines) is 1. The number of aliphatic hydroxyl groups is 1. The van der Waals surface area contributed by atoms with Crippen LogP contribution >= 0.6 is 0 Å². The van der Waals surface area contributed by atoms with Gasteiger partial charge in [0.2, 0.25) is 0 Å². The third kappa shape index (κ3) is 3.85. The molecule has 134 valence electrons. The summed E-state index contributed by atoms with van der Waals surface area (Å²) in [4.78, 5) is 14.3. The second-order valence-electron chi connectivity index (χ2n) is 6.85. The van der Waals surface area contributed by atoms with Crippen LogP contribution in [0.3, 0.4) is 0 Å². The summed E-state index contributed by atoms with van der Waals surface area (Å²) >= 11 is 0. The maximum absolute atomic E-state index is 12.5. The van der Waals surface area contributed by atoms with Gasteiger partial charge in [0.15, 0.2) is 0 Å². The first-order chi connectivity index (χ1) is 12.0. The van der Waals surface area contributed by atoms with Crippen molar-refractivity contribution in [3.05, 3.63) is 41.2 Å². The number of nitrogens with zero attached hydrogens (tertiary/aromatic N) is 3. The Kier molecular flexibility index (Phi) is 5.08. The molecule has 3 rings (SSSR count). The molecule has 2 aromatic rings. The number of carbonyl (C=O) groups excluding carboxylic acids is 1. The predicted molar refractivity (Wildman–Crippen MR) is 98.2 cm³/mol. The molecule has 0 bridgehead atoms. The molecule has 1 aliphatic heterocycles. The number of aryl methyl sites for hydroxylation is 2. The number of carbonyl (C=O) groups is 1. The van der Waals surface area contributed by atoms with Gasteiger partial charge in [0.1, 0.15) is 0 Å². The average Bonchev–Trinajstić information content (AvgIpc) is 2.79. The topological polar surface area (TPSA) is 70.4 Å². The van der Waals surface area contributed by atoms with Crippen LogP contribution in [0.15, 0.2) is 24.4 Å². The van der Waals surface area contributed by atoms with Gasteiger partial charge in [-0.25, -0.2) is 9.48 Å². The van der Waals surface area contributed by atoms with Crippen molar-refractivity contribution in [3.63, 3.8) is 0 Å². The number of nitrogens with one attached hydrogen (secondary N) is 1. The van der Waals surface area contributed by atoms with Crippen molar-refractivity contribution in [2.45, 2.75) is 46.1 Å². The largest absolute Gasteiger partial charge is 0.393 e. The molecule has 1 aromatic heterocycles. The van der Waals surface area contributed by atoms with Gasteiger partial charge in [0, 0.05) is 13.1 Å². The molecule has 0 spiro atoms. The highest BCUT2D eigenvalue weighted by Gasteiger charge is 2.20. The number of hydrogen-bond acceptors (Lipinski definition) is 3. The summed E-state index contributed by atoms with van der Waals surface area (Å²) in [6.45, 7) is 7.32. The molecule has 1 aromatic carbocycles. The quantitative estimate of drug-likeness (QED) is 0.880. The Balaban J connectivity index is 1.77. The van der Waals surface area contributed by atoms with Crippen molar-refractivity contribution in [2.24, 2.45) is 0 Å². The molecule has 0 aliphatic carbocycles. The van der Waals surface area contributed by atoms with Crippen LogP contribution in [0.5, 0.6) is 0 Å². The molecule has 6 heteroatoms. The van der Waals surface area contributed by atoms with Crippen LogP contribution in [-0.2, 0) is 0 Å². The fourth-order valence-corrected chi connectivity index (χ4v) is 3.20. The third-order valence-corrected chi connectivity index (χ3v) is 4.83. The van der Waals surface area contributed by atoms with Crippen molar-refractivity contribution < 1.29 is 9.90 Å². The van der Waals surface area contributed by atoms with Gasteiger partial charge in [-0.15, -0.1) is 0 Å². The SMILES string of the molecule is Cc1ccc(C)c(-n2ncc(NC(=O)N3CCCC(O)CC3)c2C)c1. The smallest absolute Gasteiger partial charge is 0.321 e. The van der Waals surface area contributed by atoms with Crippen molar-refractivity contribution in [2.75, 3.05) is 18.4 Å². The van der Waals surface area contributed by atoms with Crippen LogP contribution in [0.2, 0.25) is 0 Å². The summed E-state index contributed by atoms with van der Waals surface area (Å²) in [5, 5.41) is 17.2. The molecular formula is C19H26N4O2. The molecule has 2 amide bonds. The van der Waals surface area contributed by atoms with Gasteiger partial charge >= 0.3 is 6.03 Å². The zero-order valence-corrected chi connectivity index (χ0v) is 15.1. The Morgan fingerprint density at radius 1 is 1.24 bits per heavy atom. The molecule has 1 saturated heterocycles. The third-order valence-electron chi connectivity index (χ3n) is 4.83. The van der Waals surface area contributed by atoms with Crippen LogP contribution in [-0.4, -0.2) is 45.0 Å². The van der Waals surface area contributed by atoms with E-state index in [9.17, 15) is 9.90 Å². The zero-order chi connectivity index (χ0) is 18.0. The highest BCUT2D eigenvalue weighted by Crippen LogP contribution is 2.22. The summed E-state index contributed by atoms with van der Waals surface area (Å²) in [5.41, 5.74) is 4.95. The Labute approximate surface area is 148 Å². The number of hydrogen-bond donors (Lipinski definition) is 2. The molecule has 25 heavy (non-hydrogen) atoms. The van der Waals surface area contributed by atoms with Crippen molar-refractivity contribution in [3.8, 4) is 5.69 Å². The fraction of sp³-hybridized carbons (Fsp3) is 0.474. The molecule has 1 atom stereocenters. The van der Waals surface area contributed by atoms with E-state index in [1.54, 1.807) is 11.1 Å². The molecular weight excluding hydrogens is 316 g/mol. The molecule has 0 radical (unpaired) electrons. The van der Waals surface area contributed by atoms with Gasteiger partial charge in [-0.2, -0.15) is 5.10 Å². The van der Waals surface area contributed by atoms with Crippen LogP contribution in [0.4, 0.5) is 10.5 Å². The lowest BCUT2D eigenvalue weighted by molar-refractivity contribution is 0.156. The minimum Gasteiger partial charge on any atom is -0.393 e. The van der Waals surface area contributed by atoms with Gasteiger partial charge in [-0.1, -0.05) is 12.1 Å². The maximum atomic E-state index is 12.5. The van der Waals surface area contributed by atoms with Crippen LogP contribution in [0.1, 0.15) is 36.1 Å². The molecule has 2 heterocycles. The van der Waals surface area contributed by atoms with Gasteiger partial charge in [-0.3, -0.25) is 0 Å². The highest BCUT2D eigenvalue weighted by molar-refractivity contribution is 5.89. The average molecular weight is 342 g/mol. The Hall–Kier alpha value is -2.34. The minimum absolute atomic E-state index is 0.127. The first-order valence-corrected chi connectivity index (χ1v) is 8.82. The van der Waals surface area contributed by atoms with Crippen LogP contribution in [0, 0.1) is 20.8 Å². The van der Waals surface area contributed by atoms with E-state index >= 15 is 0 Å². The number of benzene rings is 1. The summed E-state index contributed by atoms with van der Waals surface area (Å²) < 4.78 is 1.87. The molecule has 1 aliphatic rings. The van der Waals surface area contributed by atoms with Gasteiger partial charge in [0.25, 0.3) is 0 Å². The standard InChI is InChI=1S/C19H26N4O2/c1-13-6-7-14(2)18(11-13)23-15(3)17(12-20-23)21-19(25)22-9-4-5-16(24)8-10-22/h6-7,11-12,16,24H,4-5,8-10H2,1-3H3,(H,21,25).